The third-order valence-corrected chi connectivity index (χ3v) is 5.61. The van der Waals surface area contributed by atoms with Gasteiger partial charge in [0.2, 0.25) is 0 Å². The molecule has 2 saturated carbocycles. The molecule has 0 aromatic rings. The number of ether oxygens (including phenoxy) is 2. The second-order valence-electron chi connectivity index (χ2n) is 6.48. The lowest BCUT2D eigenvalue weighted by Gasteiger charge is -2.47. The first-order chi connectivity index (χ1) is 8.18. The zero-order valence-electron chi connectivity index (χ0n) is 10.4. The normalized spacial score (nSPS) is 57.4. The lowest BCUT2D eigenvalue weighted by molar-refractivity contribution is -0.280. The average Bonchev–Trinajstić information content (AvgIpc) is 2.52. The van der Waals surface area contributed by atoms with Gasteiger partial charge in [-0.25, -0.2) is 0 Å². The van der Waals surface area contributed by atoms with Gasteiger partial charge in [0.25, 0.3) is 0 Å². The van der Waals surface area contributed by atoms with Crippen molar-refractivity contribution in [1.29, 1.82) is 0 Å². The van der Waals surface area contributed by atoms with E-state index in [4.69, 9.17) is 9.47 Å². The minimum absolute atomic E-state index is 0.362. The van der Waals surface area contributed by atoms with E-state index in [1.807, 2.05) is 0 Å². The van der Waals surface area contributed by atoms with Crippen molar-refractivity contribution < 1.29 is 14.6 Å². The summed E-state index contributed by atoms with van der Waals surface area (Å²) in [5, 5.41) is 10.9. The highest BCUT2D eigenvalue weighted by molar-refractivity contribution is 5.10. The van der Waals surface area contributed by atoms with Gasteiger partial charge in [-0.1, -0.05) is 12.8 Å². The van der Waals surface area contributed by atoms with E-state index in [2.05, 4.69) is 0 Å². The third-order valence-electron chi connectivity index (χ3n) is 5.61. The number of hydrogen-bond acceptors (Lipinski definition) is 3. The van der Waals surface area contributed by atoms with Crippen LogP contribution >= 0.6 is 0 Å². The lowest BCUT2D eigenvalue weighted by atomic mass is 9.71. The molecule has 3 heteroatoms. The van der Waals surface area contributed by atoms with E-state index >= 15 is 0 Å². The fraction of sp³-hybridized carbons (Fsp3) is 1.00. The summed E-state index contributed by atoms with van der Waals surface area (Å²) in [6.45, 7) is 0. The molecule has 2 spiro atoms. The first kappa shape index (κ1) is 10.8. The molecule has 1 N–H and O–H groups in total. The van der Waals surface area contributed by atoms with E-state index in [-0.39, 0.29) is 5.60 Å². The highest BCUT2D eigenvalue weighted by atomic mass is 16.8. The Labute approximate surface area is 102 Å². The molecule has 0 amide bonds. The molecule has 3 nitrogen and oxygen atoms in total. The standard InChI is InChI=1S/C14H22O3/c15-14-9-4-3-7-12(14)10-6-11-5-1-2-8-13(11,16-12)17-14/h11,15H,1-10H2/t11-,12-,13-,14+/m1/s1. The van der Waals surface area contributed by atoms with Crippen LogP contribution in [0, 0.1) is 5.92 Å². The molecule has 2 aliphatic carbocycles. The van der Waals surface area contributed by atoms with Crippen molar-refractivity contribution in [3.8, 4) is 0 Å². The van der Waals surface area contributed by atoms with Gasteiger partial charge in [-0.05, 0) is 38.5 Å². The van der Waals surface area contributed by atoms with Crippen molar-refractivity contribution in [3.05, 3.63) is 0 Å². The molecule has 17 heavy (non-hydrogen) atoms. The maximum absolute atomic E-state index is 10.9. The number of rotatable bonds is 0. The Morgan fingerprint density at radius 3 is 2.59 bits per heavy atom. The van der Waals surface area contributed by atoms with Crippen molar-refractivity contribution in [2.24, 2.45) is 5.92 Å². The van der Waals surface area contributed by atoms with E-state index in [1.54, 1.807) is 0 Å². The van der Waals surface area contributed by atoms with Gasteiger partial charge in [-0.3, -0.25) is 0 Å². The summed E-state index contributed by atoms with van der Waals surface area (Å²) < 4.78 is 12.6. The van der Waals surface area contributed by atoms with Crippen LogP contribution in [0.3, 0.4) is 0 Å². The van der Waals surface area contributed by atoms with Crippen molar-refractivity contribution in [1.82, 2.24) is 0 Å². The molecule has 4 atom stereocenters. The summed E-state index contributed by atoms with van der Waals surface area (Å²) in [7, 11) is 0. The molecular formula is C14H22O3. The summed E-state index contributed by atoms with van der Waals surface area (Å²) in [4.78, 5) is 0. The Balaban J connectivity index is 1.75. The summed E-state index contributed by atoms with van der Waals surface area (Å²) >= 11 is 0. The van der Waals surface area contributed by atoms with E-state index in [0.717, 1.165) is 32.1 Å². The fourth-order valence-electron chi connectivity index (χ4n) is 4.71. The molecule has 0 radical (unpaired) electrons. The van der Waals surface area contributed by atoms with Gasteiger partial charge in [-0.2, -0.15) is 0 Å². The zero-order valence-corrected chi connectivity index (χ0v) is 10.4. The fourth-order valence-corrected chi connectivity index (χ4v) is 4.71. The molecule has 4 fully saturated rings. The Morgan fingerprint density at radius 2 is 1.65 bits per heavy atom. The van der Waals surface area contributed by atoms with Gasteiger partial charge < -0.3 is 14.6 Å². The molecule has 0 aromatic heterocycles. The van der Waals surface area contributed by atoms with Crippen molar-refractivity contribution in [2.75, 3.05) is 0 Å². The van der Waals surface area contributed by atoms with Gasteiger partial charge >= 0.3 is 0 Å². The molecule has 0 aromatic carbocycles. The van der Waals surface area contributed by atoms with Crippen LogP contribution in [-0.2, 0) is 9.47 Å². The lowest BCUT2D eigenvalue weighted by Crippen LogP contribution is -2.55. The van der Waals surface area contributed by atoms with E-state index in [1.165, 1.54) is 32.1 Å². The van der Waals surface area contributed by atoms with Crippen LogP contribution in [0.4, 0.5) is 0 Å². The molecule has 2 heterocycles. The average molecular weight is 238 g/mol. The maximum Gasteiger partial charge on any atom is 0.198 e. The number of hydrogen-bond donors (Lipinski definition) is 1. The minimum atomic E-state index is -0.975. The van der Waals surface area contributed by atoms with Crippen LogP contribution < -0.4 is 0 Å². The SMILES string of the molecule is O[C@]12CCCC[C@@]13CC[C@H]1CCCC[C@@]1(O3)O2. The summed E-state index contributed by atoms with van der Waals surface area (Å²) in [5.41, 5.74) is -0.362. The van der Waals surface area contributed by atoms with Crippen molar-refractivity contribution >= 4 is 0 Å². The minimum Gasteiger partial charge on any atom is -0.363 e. The number of aliphatic hydroxyl groups is 1. The van der Waals surface area contributed by atoms with Crippen molar-refractivity contribution in [3.63, 3.8) is 0 Å². The monoisotopic (exact) mass is 238 g/mol. The molecule has 4 rings (SSSR count). The summed E-state index contributed by atoms with van der Waals surface area (Å²) in [5.74, 6) is -0.871. The van der Waals surface area contributed by atoms with Gasteiger partial charge in [-0.15, -0.1) is 0 Å². The van der Waals surface area contributed by atoms with E-state index in [0.29, 0.717) is 5.92 Å². The Hall–Kier alpha value is -0.120. The Bertz CT molecular complexity index is 340. The van der Waals surface area contributed by atoms with Crippen LogP contribution in [0.1, 0.15) is 64.2 Å². The second-order valence-corrected chi connectivity index (χ2v) is 6.48. The highest BCUT2D eigenvalue weighted by Crippen LogP contribution is 2.62. The second kappa shape index (κ2) is 3.25. The van der Waals surface area contributed by atoms with Gasteiger partial charge in [0, 0.05) is 18.8 Å². The largest absolute Gasteiger partial charge is 0.363 e. The predicted octanol–water partition coefficient (Wildman–Crippen LogP) is 2.71. The quantitative estimate of drug-likeness (QED) is 0.705. The maximum atomic E-state index is 10.9. The van der Waals surface area contributed by atoms with Crippen LogP contribution in [0.5, 0.6) is 0 Å². The van der Waals surface area contributed by atoms with E-state index < -0.39 is 11.6 Å². The predicted molar refractivity (Wildman–Crippen MR) is 62.2 cm³/mol. The van der Waals surface area contributed by atoms with Gasteiger partial charge in [0.1, 0.15) is 5.60 Å². The zero-order chi connectivity index (χ0) is 11.6. The smallest absolute Gasteiger partial charge is 0.198 e. The highest BCUT2D eigenvalue weighted by Gasteiger charge is 2.70. The Kier molecular flexibility index (Phi) is 2.06. The molecule has 2 bridgehead atoms. The van der Waals surface area contributed by atoms with Crippen LogP contribution in [-0.4, -0.2) is 22.3 Å². The Morgan fingerprint density at radius 1 is 0.824 bits per heavy atom. The van der Waals surface area contributed by atoms with Crippen molar-refractivity contribution in [2.45, 2.75) is 81.4 Å². The third kappa shape index (κ3) is 1.23. The van der Waals surface area contributed by atoms with Crippen LogP contribution in [0.15, 0.2) is 0 Å². The summed E-state index contributed by atoms with van der Waals surface area (Å²) in [6.07, 6.45) is 10.9. The molecular weight excluding hydrogens is 216 g/mol. The molecule has 96 valence electrons. The van der Waals surface area contributed by atoms with Gasteiger partial charge in [0.05, 0.1) is 0 Å². The molecule has 0 unspecified atom stereocenters. The molecule has 2 saturated heterocycles. The molecule has 4 aliphatic rings. The first-order valence-electron chi connectivity index (χ1n) is 7.31. The molecule has 2 aliphatic heterocycles. The summed E-state index contributed by atoms with van der Waals surface area (Å²) in [6, 6.07) is 0. The van der Waals surface area contributed by atoms with Crippen LogP contribution in [0.25, 0.3) is 0 Å². The van der Waals surface area contributed by atoms with Gasteiger partial charge in [0.15, 0.2) is 11.6 Å². The first-order valence-corrected chi connectivity index (χ1v) is 7.31. The van der Waals surface area contributed by atoms with Crippen LogP contribution in [0.2, 0.25) is 0 Å². The van der Waals surface area contributed by atoms with E-state index in [9.17, 15) is 5.11 Å². The topological polar surface area (TPSA) is 38.7 Å².